The number of aromatic nitrogens is 4. The minimum atomic E-state index is -0.107. The fraction of sp³-hybridized carbons (Fsp3) is 0.250. The van der Waals surface area contributed by atoms with Crippen LogP contribution in [0.1, 0.15) is 35.1 Å². The summed E-state index contributed by atoms with van der Waals surface area (Å²) in [6.45, 7) is 0. The number of hydrogen-bond acceptors (Lipinski definition) is 5. The van der Waals surface area contributed by atoms with E-state index in [1.165, 1.54) is 17.7 Å². The molecule has 1 aliphatic rings. The summed E-state index contributed by atoms with van der Waals surface area (Å²) < 4.78 is 2.19. The number of carbonyl (C=O) groups is 1. The average Bonchev–Trinajstić information content (AvgIpc) is 3.59. The molecule has 162 valence electrons. The third kappa shape index (κ3) is 3.98. The largest absolute Gasteiger partial charge is 0.343 e. The van der Waals surface area contributed by atoms with Crippen LogP contribution in [-0.4, -0.2) is 44.4 Å². The van der Waals surface area contributed by atoms with Crippen LogP contribution in [0.15, 0.2) is 58.7 Å². The van der Waals surface area contributed by atoms with Gasteiger partial charge in [-0.3, -0.25) is 4.79 Å². The highest BCUT2D eigenvalue weighted by Gasteiger charge is 2.31. The van der Waals surface area contributed by atoms with Crippen molar-refractivity contribution in [2.75, 3.05) is 14.1 Å². The average molecular weight is 464 g/mol. The molecule has 0 radical (unpaired) electrons. The first kappa shape index (κ1) is 21.0. The molecule has 3 aromatic heterocycles. The van der Waals surface area contributed by atoms with Gasteiger partial charge in [0.15, 0.2) is 0 Å². The fourth-order valence-electron chi connectivity index (χ4n) is 3.65. The van der Waals surface area contributed by atoms with Crippen LogP contribution in [0, 0.1) is 0 Å². The van der Waals surface area contributed by atoms with Gasteiger partial charge >= 0.3 is 0 Å². The van der Waals surface area contributed by atoms with Crippen molar-refractivity contribution in [2.24, 2.45) is 7.05 Å². The highest BCUT2D eigenvalue weighted by molar-refractivity contribution is 7.99. The molecule has 0 atom stereocenters. The van der Waals surface area contributed by atoms with Crippen molar-refractivity contribution in [1.82, 2.24) is 24.4 Å². The fourth-order valence-corrected chi connectivity index (χ4v) is 4.70. The molecule has 0 spiro atoms. The van der Waals surface area contributed by atoms with E-state index in [2.05, 4.69) is 27.6 Å². The third-order valence-electron chi connectivity index (χ3n) is 5.51. The van der Waals surface area contributed by atoms with Crippen LogP contribution in [0.2, 0.25) is 5.02 Å². The number of amides is 1. The molecule has 1 aromatic carbocycles. The summed E-state index contributed by atoms with van der Waals surface area (Å²) in [4.78, 5) is 27.8. The summed E-state index contributed by atoms with van der Waals surface area (Å²) in [6, 6.07) is 13.6. The Morgan fingerprint density at radius 3 is 2.62 bits per heavy atom. The summed E-state index contributed by atoms with van der Waals surface area (Å²) in [7, 11) is 5.53. The first-order valence-electron chi connectivity index (χ1n) is 10.4. The van der Waals surface area contributed by atoms with Gasteiger partial charge in [-0.15, -0.1) is 0 Å². The first-order chi connectivity index (χ1) is 15.4. The first-order valence-corrected chi connectivity index (χ1v) is 11.6. The van der Waals surface area contributed by atoms with E-state index in [1.807, 2.05) is 30.3 Å². The molecule has 1 aliphatic carbocycles. The number of nitrogens with zero attached hydrogens (tertiary/aromatic N) is 5. The topological polar surface area (TPSA) is 63.9 Å². The van der Waals surface area contributed by atoms with Gasteiger partial charge in [-0.1, -0.05) is 23.7 Å². The number of hydrogen-bond donors (Lipinski definition) is 0. The van der Waals surface area contributed by atoms with Crippen molar-refractivity contribution < 1.29 is 4.79 Å². The molecule has 1 amide bonds. The van der Waals surface area contributed by atoms with E-state index in [4.69, 9.17) is 16.6 Å². The van der Waals surface area contributed by atoms with Crippen LogP contribution in [0.3, 0.4) is 0 Å². The van der Waals surface area contributed by atoms with Crippen molar-refractivity contribution in [3.8, 4) is 11.3 Å². The summed E-state index contributed by atoms with van der Waals surface area (Å²) in [6.07, 6.45) is 4.02. The minimum absolute atomic E-state index is 0.107. The van der Waals surface area contributed by atoms with Crippen molar-refractivity contribution in [3.63, 3.8) is 0 Å². The Kier molecular flexibility index (Phi) is 5.39. The highest BCUT2D eigenvalue weighted by atomic mass is 35.5. The van der Waals surface area contributed by atoms with Gasteiger partial charge in [-0.2, -0.15) is 0 Å². The van der Waals surface area contributed by atoms with E-state index in [-0.39, 0.29) is 5.91 Å². The number of pyridine rings is 2. The Morgan fingerprint density at radius 2 is 1.94 bits per heavy atom. The number of benzene rings is 1. The second-order valence-corrected chi connectivity index (χ2v) is 9.62. The molecule has 0 bridgehead atoms. The van der Waals surface area contributed by atoms with E-state index < -0.39 is 0 Å². The number of fused-ring (bicyclic) bond motifs is 1. The quantitative estimate of drug-likeness (QED) is 0.395. The number of halogens is 1. The zero-order chi connectivity index (χ0) is 22.4. The Morgan fingerprint density at radius 1 is 1.12 bits per heavy atom. The molecule has 0 saturated heterocycles. The summed E-state index contributed by atoms with van der Waals surface area (Å²) >= 11 is 7.60. The molecule has 5 rings (SSSR count). The maximum Gasteiger partial charge on any atom is 0.271 e. The van der Waals surface area contributed by atoms with Crippen LogP contribution >= 0.6 is 23.4 Å². The lowest BCUT2D eigenvalue weighted by molar-refractivity contribution is 0.0822. The Bertz CT molecular complexity index is 1330. The van der Waals surface area contributed by atoms with Crippen LogP contribution < -0.4 is 0 Å². The van der Waals surface area contributed by atoms with Crippen molar-refractivity contribution in [3.05, 3.63) is 65.2 Å². The maximum atomic E-state index is 12.3. The van der Waals surface area contributed by atoms with Crippen molar-refractivity contribution >= 4 is 40.2 Å². The van der Waals surface area contributed by atoms with Gasteiger partial charge in [-0.05, 0) is 54.9 Å². The molecule has 32 heavy (non-hydrogen) atoms. The van der Waals surface area contributed by atoms with E-state index in [0.29, 0.717) is 16.6 Å². The zero-order valence-electron chi connectivity index (χ0n) is 18.0. The van der Waals surface area contributed by atoms with Gasteiger partial charge < -0.3 is 9.47 Å². The molecule has 1 fully saturated rings. The van der Waals surface area contributed by atoms with Crippen LogP contribution in [0.5, 0.6) is 0 Å². The molecular formula is C24H22ClN5OS. The van der Waals surface area contributed by atoms with Gasteiger partial charge in [0, 0.05) is 44.2 Å². The second kappa shape index (κ2) is 8.22. The lowest BCUT2D eigenvalue weighted by atomic mass is 10.1. The van der Waals surface area contributed by atoms with E-state index >= 15 is 0 Å². The Balaban J connectivity index is 1.57. The van der Waals surface area contributed by atoms with Gasteiger partial charge in [0.1, 0.15) is 27.3 Å². The highest BCUT2D eigenvalue weighted by Crippen LogP contribution is 2.44. The van der Waals surface area contributed by atoms with E-state index in [9.17, 15) is 4.79 Å². The minimum Gasteiger partial charge on any atom is -0.343 e. The van der Waals surface area contributed by atoms with Crippen LogP contribution in [-0.2, 0) is 7.05 Å². The van der Waals surface area contributed by atoms with Crippen molar-refractivity contribution in [2.45, 2.75) is 28.8 Å². The molecule has 0 N–H and O–H groups in total. The molecule has 4 aromatic rings. The number of imidazole rings is 1. The summed E-state index contributed by atoms with van der Waals surface area (Å²) in [5.41, 5.74) is 3.18. The Labute approximate surface area is 195 Å². The normalized spacial score (nSPS) is 13.5. The standard InChI is InChI=1S/C24H22ClN5OS/c1-29(2)23(31)19-10-6-15-12-16(7-9-18(15)27-19)21-24(30(3)22(28-21)14-4-5-14)32-20-11-8-17(25)13-26-20/h6-14H,4-5H2,1-3H3. The number of rotatable bonds is 5. The van der Waals surface area contributed by atoms with Crippen molar-refractivity contribution in [1.29, 1.82) is 0 Å². The monoisotopic (exact) mass is 463 g/mol. The maximum absolute atomic E-state index is 12.3. The predicted molar refractivity (Wildman–Crippen MR) is 127 cm³/mol. The van der Waals surface area contributed by atoms with Crippen LogP contribution in [0.4, 0.5) is 0 Å². The zero-order valence-corrected chi connectivity index (χ0v) is 19.6. The molecule has 0 aliphatic heterocycles. The van der Waals surface area contributed by atoms with E-state index in [1.54, 1.807) is 38.1 Å². The molecule has 1 saturated carbocycles. The third-order valence-corrected chi connectivity index (χ3v) is 6.84. The predicted octanol–water partition coefficient (Wildman–Crippen LogP) is 5.41. The molecule has 8 heteroatoms. The van der Waals surface area contributed by atoms with Crippen LogP contribution in [0.25, 0.3) is 22.2 Å². The summed E-state index contributed by atoms with van der Waals surface area (Å²) in [5.74, 6) is 1.53. The van der Waals surface area contributed by atoms with Gasteiger partial charge in [0.25, 0.3) is 5.91 Å². The van der Waals surface area contributed by atoms with Gasteiger partial charge in [0.05, 0.1) is 10.5 Å². The lowest BCUT2D eigenvalue weighted by Gasteiger charge is -2.10. The molecule has 6 nitrogen and oxygen atoms in total. The van der Waals surface area contributed by atoms with Gasteiger partial charge in [-0.25, -0.2) is 15.0 Å². The molecule has 3 heterocycles. The van der Waals surface area contributed by atoms with Gasteiger partial charge in [0.2, 0.25) is 0 Å². The second-order valence-electron chi connectivity index (χ2n) is 8.18. The molecular weight excluding hydrogens is 442 g/mol. The lowest BCUT2D eigenvalue weighted by Crippen LogP contribution is -2.22. The SMILES string of the molecule is CN(C)C(=O)c1ccc2cc(-c3nc(C4CC4)n(C)c3Sc3ccc(Cl)cn3)ccc2n1. The Hall–Kier alpha value is -2.90. The number of carbonyl (C=O) groups excluding carboxylic acids is 1. The molecule has 0 unspecified atom stereocenters. The smallest absolute Gasteiger partial charge is 0.271 e. The summed E-state index contributed by atoms with van der Waals surface area (Å²) in [5, 5.41) is 3.51. The van der Waals surface area contributed by atoms with E-state index in [0.717, 1.165) is 38.0 Å².